The first kappa shape index (κ1) is 25.0. The number of aliphatic hydroxyl groups is 1. The zero-order valence-electron chi connectivity index (χ0n) is 21.2. The minimum absolute atomic E-state index is 0.0552. The lowest BCUT2D eigenvalue weighted by atomic mass is 9.67. The van der Waals surface area contributed by atoms with Crippen LogP contribution in [0.15, 0.2) is 24.3 Å². The van der Waals surface area contributed by atoms with Crippen molar-refractivity contribution in [1.82, 2.24) is 9.21 Å². The molecular weight excluding hydrogens is 436 g/mol. The smallest absolute Gasteiger partial charge is 0.214 e. The minimum atomic E-state index is -3.45. The molecule has 186 valence electrons. The maximum atomic E-state index is 13.8. The Morgan fingerprint density at radius 3 is 2.55 bits per heavy atom. The molecular formula is C26H42N2O4S. The summed E-state index contributed by atoms with van der Waals surface area (Å²) in [5.41, 5.74) is -0.386. The number of ether oxygens (including phenoxy) is 1. The quantitative estimate of drug-likeness (QED) is 0.649. The van der Waals surface area contributed by atoms with Gasteiger partial charge in [-0.15, -0.1) is 0 Å². The van der Waals surface area contributed by atoms with Gasteiger partial charge in [0.25, 0.3) is 0 Å². The van der Waals surface area contributed by atoms with Crippen molar-refractivity contribution in [2.45, 2.75) is 52.1 Å². The fourth-order valence-corrected chi connectivity index (χ4v) is 9.86. The van der Waals surface area contributed by atoms with Crippen LogP contribution in [0.5, 0.6) is 5.75 Å². The number of fused-ring (bicyclic) bond motifs is 2. The molecule has 4 rings (SSSR count). The van der Waals surface area contributed by atoms with E-state index in [1.807, 2.05) is 43.3 Å². The molecule has 1 N–H and O–H groups in total. The van der Waals surface area contributed by atoms with Crippen LogP contribution >= 0.6 is 0 Å². The molecule has 0 spiro atoms. The Hall–Kier alpha value is -1.15. The van der Waals surface area contributed by atoms with Crippen LogP contribution in [0.2, 0.25) is 0 Å². The van der Waals surface area contributed by atoms with Crippen molar-refractivity contribution in [3.63, 3.8) is 0 Å². The Labute approximate surface area is 200 Å². The van der Waals surface area contributed by atoms with E-state index in [2.05, 4.69) is 20.8 Å². The summed E-state index contributed by atoms with van der Waals surface area (Å²) in [5.74, 6) is 1.76. The van der Waals surface area contributed by atoms with Crippen LogP contribution in [-0.2, 0) is 15.6 Å². The van der Waals surface area contributed by atoms with Crippen molar-refractivity contribution >= 4 is 10.0 Å². The molecule has 1 heterocycles. The molecule has 1 saturated heterocycles. The maximum absolute atomic E-state index is 13.8. The van der Waals surface area contributed by atoms with Gasteiger partial charge in [-0.05, 0) is 80.1 Å². The highest BCUT2D eigenvalue weighted by Gasteiger charge is 2.64. The minimum Gasteiger partial charge on any atom is -0.497 e. The number of hydrogen-bond donors (Lipinski definition) is 1. The normalized spacial score (nSPS) is 36.4. The van der Waals surface area contributed by atoms with Gasteiger partial charge in [0.1, 0.15) is 5.75 Å². The van der Waals surface area contributed by atoms with E-state index in [-0.39, 0.29) is 22.5 Å². The third-order valence-electron chi connectivity index (χ3n) is 9.65. The van der Waals surface area contributed by atoms with E-state index in [9.17, 15) is 13.5 Å². The predicted molar refractivity (Wildman–Crippen MR) is 132 cm³/mol. The van der Waals surface area contributed by atoms with Gasteiger partial charge in [-0.3, -0.25) is 0 Å². The zero-order chi connectivity index (χ0) is 24.2. The van der Waals surface area contributed by atoms with E-state index >= 15 is 0 Å². The summed E-state index contributed by atoms with van der Waals surface area (Å²) < 4.78 is 34.8. The van der Waals surface area contributed by atoms with Crippen molar-refractivity contribution in [3.05, 3.63) is 29.8 Å². The average Bonchev–Trinajstić information content (AvgIpc) is 3.09. The van der Waals surface area contributed by atoms with E-state index in [0.717, 1.165) is 24.8 Å². The van der Waals surface area contributed by atoms with Gasteiger partial charge >= 0.3 is 0 Å². The standard InChI is InChI=1S/C26H42N2O4S/c1-19-14-20-10-11-25(19,24(20,2)3)18-33(30,31)28-13-12-26(29,22(17-28)16-27(4)5)21-8-7-9-23(15-21)32-6/h7-9,15,19-20,22,29H,10-14,16-18H2,1-6H3/t19?,20?,22?,25-,26?/m1/s1. The molecule has 1 aromatic carbocycles. The topological polar surface area (TPSA) is 70.1 Å². The molecule has 2 bridgehead atoms. The predicted octanol–water partition coefficient (Wildman–Crippen LogP) is 3.56. The molecule has 33 heavy (non-hydrogen) atoms. The van der Waals surface area contributed by atoms with Gasteiger partial charge < -0.3 is 14.7 Å². The van der Waals surface area contributed by atoms with E-state index in [1.54, 1.807) is 11.4 Å². The number of benzene rings is 1. The molecule has 5 atom stereocenters. The zero-order valence-corrected chi connectivity index (χ0v) is 22.0. The number of hydrogen-bond acceptors (Lipinski definition) is 5. The fraction of sp³-hybridized carbons (Fsp3) is 0.769. The van der Waals surface area contributed by atoms with E-state index < -0.39 is 15.6 Å². The van der Waals surface area contributed by atoms with Crippen LogP contribution in [0.4, 0.5) is 0 Å². The number of methoxy groups -OCH3 is 1. The lowest BCUT2D eigenvalue weighted by Gasteiger charge is -2.47. The molecule has 1 aliphatic heterocycles. The molecule has 7 heteroatoms. The summed E-state index contributed by atoms with van der Waals surface area (Å²) in [4.78, 5) is 2.04. The first-order chi connectivity index (χ1) is 15.4. The Morgan fingerprint density at radius 1 is 1.24 bits per heavy atom. The number of nitrogens with zero attached hydrogens (tertiary/aromatic N) is 2. The molecule has 4 unspecified atom stereocenters. The maximum Gasteiger partial charge on any atom is 0.214 e. The summed E-state index contributed by atoms with van der Waals surface area (Å²) in [6.45, 7) is 8.11. The van der Waals surface area contributed by atoms with Crippen molar-refractivity contribution in [1.29, 1.82) is 0 Å². The summed E-state index contributed by atoms with van der Waals surface area (Å²) in [6.07, 6.45) is 3.67. The summed E-state index contributed by atoms with van der Waals surface area (Å²) in [6, 6.07) is 7.57. The van der Waals surface area contributed by atoms with Gasteiger partial charge in [0.15, 0.2) is 0 Å². The summed E-state index contributed by atoms with van der Waals surface area (Å²) in [5, 5.41) is 11.9. The first-order valence-corrected chi connectivity index (χ1v) is 14.0. The van der Waals surface area contributed by atoms with Crippen molar-refractivity contribution in [2.24, 2.45) is 28.6 Å². The average molecular weight is 479 g/mol. The second-order valence-corrected chi connectivity index (χ2v) is 13.7. The summed E-state index contributed by atoms with van der Waals surface area (Å²) in [7, 11) is 2.11. The molecule has 0 amide bonds. The number of piperidine rings is 1. The Balaban J connectivity index is 1.60. The molecule has 0 aromatic heterocycles. The SMILES string of the molecule is COc1cccc(C2(O)CCN(S(=O)(=O)C[C@]34CCC(CC3C)C4(C)C)CC2CN(C)C)c1. The van der Waals surface area contributed by atoms with Crippen LogP contribution in [0, 0.1) is 28.6 Å². The second-order valence-electron chi connectivity index (χ2n) is 11.7. The van der Waals surface area contributed by atoms with Gasteiger partial charge in [0.05, 0.1) is 18.5 Å². The Morgan fingerprint density at radius 2 is 1.97 bits per heavy atom. The highest BCUT2D eigenvalue weighted by molar-refractivity contribution is 7.89. The fourth-order valence-electron chi connectivity index (χ4n) is 7.45. The second kappa shape index (κ2) is 8.51. The lowest BCUT2D eigenvalue weighted by molar-refractivity contribution is -0.0701. The molecule has 2 saturated carbocycles. The third-order valence-corrected chi connectivity index (χ3v) is 11.7. The van der Waals surface area contributed by atoms with Crippen molar-refractivity contribution in [3.8, 4) is 5.75 Å². The number of rotatable bonds is 7. The largest absolute Gasteiger partial charge is 0.497 e. The molecule has 2 aliphatic carbocycles. The Kier molecular flexibility index (Phi) is 6.43. The molecule has 0 radical (unpaired) electrons. The van der Waals surface area contributed by atoms with Gasteiger partial charge in [-0.25, -0.2) is 12.7 Å². The van der Waals surface area contributed by atoms with Crippen molar-refractivity contribution in [2.75, 3.05) is 46.6 Å². The first-order valence-electron chi connectivity index (χ1n) is 12.4. The van der Waals surface area contributed by atoms with Crippen LogP contribution in [-0.4, -0.2) is 69.3 Å². The van der Waals surface area contributed by atoms with Gasteiger partial charge in [0, 0.05) is 25.6 Å². The van der Waals surface area contributed by atoms with Crippen LogP contribution in [0.1, 0.15) is 52.0 Å². The van der Waals surface area contributed by atoms with Crippen LogP contribution in [0.25, 0.3) is 0 Å². The summed E-state index contributed by atoms with van der Waals surface area (Å²) >= 11 is 0. The highest BCUT2D eigenvalue weighted by atomic mass is 32.2. The third kappa shape index (κ3) is 4.03. The van der Waals surface area contributed by atoms with Crippen molar-refractivity contribution < 1.29 is 18.3 Å². The molecule has 1 aromatic rings. The Bertz CT molecular complexity index is 978. The van der Waals surface area contributed by atoms with E-state index in [1.165, 1.54) is 0 Å². The molecule has 3 aliphatic rings. The van der Waals surface area contributed by atoms with Gasteiger partial charge in [-0.1, -0.05) is 32.9 Å². The van der Waals surface area contributed by atoms with Gasteiger partial charge in [-0.2, -0.15) is 0 Å². The molecule has 3 fully saturated rings. The van der Waals surface area contributed by atoms with Gasteiger partial charge in [0.2, 0.25) is 10.0 Å². The van der Waals surface area contributed by atoms with E-state index in [0.29, 0.717) is 43.6 Å². The molecule has 6 nitrogen and oxygen atoms in total. The number of sulfonamides is 1. The van der Waals surface area contributed by atoms with Crippen LogP contribution < -0.4 is 4.74 Å². The monoisotopic (exact) mass is 478 g/mol. The lowest BCUT2D eigenvalue weighted by Crippen LogP contribution is -2.56. The highest BCUT2D eigenvalue weighted by Crippen LogP contribution is 2.68. The van der Waals surface area contributed by atoms with E-state index in [4.69, 9.17) is 4.74 Å². The van der Waals surface area contributed by atoms with Crippen LogP contribution in [0.3, 0.4) is 0 Å².